The minimum absolute atomic E-state index is 0.530. The summed E-state index contributed by atoms with van der Waals surface area (Å²) in [7, 11) is 2.17. The Morgan fingerprint density at radius 3 is 2.70 bits per heavy atom. The van der Waals surface area contributed by atoms with E-state index >= 15 is 0 Å². The molecule has 1 unspecified atom stereocenters. The fraction of sp³-hybridized carbons (Fsp3) is 0.714. The van der Waals surface area contributed by atoms with Gasteiger partial charge < -0.3 is 15.2 Å². The van der Waals surface area contributed by atoms with Gasteiger partial charge >= 0.3 is 0 Å². The Hall–Kier alpha value is -1.40. The molecule has 1 aromatic rings. The number of likely N-dealkylation sites (N-methyl/N-ethyl adjacent to an activating group) is 1. The molecule has 20 heavy (non-hydrogen) atoms. The Bertz CT molecular complexity index is 461. The summed E-state index contributed by atoms with van der Waals surface area (Å²) in [5, 5.41) is 0. The van der Waals surface area contributed by atoms with Gasteiger partial charge in [0.05, 0.1) is 0 Å². The lowest BCUT2D eigenvalue weighted by Gasteiger charge is -2.39. The van der Waals surface area contributed by atoms with Gasteiger partial charge in [-0.1, -0.05) is 6.92 Å². The molecule has 3 N–H and O–H groups in total. The van der Waals surface area contributed by atoms with E-state index in [4.69, 9.17) is 10.8 Å². The predicted octanol–water partition coefficient (Wildman–Crippen LogP) is 1.16. The standard InChI is InChI=1S/C14H26N6/c1-5-6-12-16-13(18-15)11(3)14(17-12)20-8-7-19(4)10(2)9-20/h10H,5-9,15H2,1-4H3,(H,16,17,18). The van der Waals surface area contributed by atoms with Gasteiger partial charge in [0.15, 0.2) is 0 Å². The second kappa shape index (κ2) is 6.37. The fourth-order valence-electron chi connectivity index (χ4n) is 2.57. The van der Waals surface area contributed by atoms with Crippen molar-refractivity contribution in [1.82, 2.24) is 14.9 Å². The number of rotatable bonds is 4. The molecule has 6 heteroatoms. The van der Waals surface area contributed by atoms with Crippen LogP contribution in [-0.4, -0.2) is 47.6 Å². The average molecular weight is 278 g/mol. The smallest absolute Gasteiger partial charge is 0.148 e. The van der Waals surface area contributed by atoms with E-state index in [9.17, 15) is 0 Å². The molecule has 1 fully saturated rings. The van der Waals surface area contributed by atoms with Crippen molar-refractivity contribution in [3.63, 3.8) is 0 Å². The Balaban J connectivity index is 2.32. The highest BCUT2D eigenvalue weighted by Crippen LogP contribution is 2.25. The summed E-state index contributed by atoms with van der Waals surface area (Å²) < 4.78 is 0. The maximum Gasteiger partial charge on any atom is 0.148 e. The number of aryl methyl sites for hydroxylation is 1. The van der Waals surface area contributed by atoms with Crippen LogP contribution in [0.25, 0.3) is 0 Å². The molecule has 1 saturated heterocycles. The predicted molar refractivity (Wildman–Crippen MR) is 82.9 cm³/mol. The van der Waals surface area contributed by atoms with E-state index in [1.54, 1.807) is 0 Å². The molecule has 1 atom stereocenters. The number of hydrogen-bond acceptors (Lipinski definition) is 6. The molecule has 2 heterocycles. The topological polar surface area (TPSA) is 70.3 Å². The maximum atomic E-state index is 5.60. The number of hydrazine groups is 1. The highest BCUT2D eigenvalue weighted by Gasteiger charge is 2.24. The minimum atomic E-state index is 0.530. The van der Waals surface area contributed by atoms with Crippen molar-refractivity contribution < 1.29 is 0 Å². The summed E-state index contributed by atoms with van der Waals surface area (Å²) >= 11 is 0. The van der Waals surface area contributed by atoms with Crippen LogP contribution < -0.4 is 16.2 Å². The summed E-state index contributed by atoms with van der Waals surface area (Å²) in [4.78, 5) is 14.0. The lowest BCUT2D eigenvalue weighted by molar-refractivity contribution is 0.233. The number of piperazine rings is 1. The van der Waals surface area contributed by atoms with Gasteiger partial charge in [-0.05, 0) is 27.3 Å². The summed E-state index contributed by atoms with van der Waals surface area (Å²) in [6.07, 6.45) is 1.91. The molecule has 0 spiro atoms. The van der Waals surface area contributed by atoms with Gasteiger partial charge in [-0.25, -0.2) is 15.8 Å². The van der Waals surface area contributed by atoms with Gasteiger partial charge in [0.1, 0.15) is 17.5 Å². The summed E-state index contributed by atoms with van der Waals surface area (Å²) in [6.45, 7) is 9.45. The van der Waals surface area contributed by atoms with Crippen molar-refractivity contribution in [1.29, 1.82) is 0 Å². The number of nitrogens with one attached hydrogen (secondary N) is 1. The van der Waals surface area contributed by atoms with Gasteiger partial charge in [0.2, 0.25) is 0 Å². The molecule has 0 aliphatic carbocycles. The number of nitrogens with zero attached hydrogens (tertiary/aromatic N) is 4. The molecule has 0 amide bonds. The average Bonchev–Trinajstić information content (AvgIpc) is 2.44. The number of nitrogen functional groups attached to an aromatic ring is 1. The molecule has 0 bridgehead atoms. The van der Waals surface area contributed by atoms with E-state index in [-0.39, 0.29) is 0 Å². The molecular weight excluding hydrogens is 252 g/mol. The summed E-state index contributed by atoms with van der Waals surface area (Å²) in [5.74, 6) is 8.23. The monoisotopic (exact) mass is 278 g/mol. The number of nitrogens with two attached hydrogens (primary N) is 1. The van der Waals surface area contributed by atoms with Crippen LogP contribution in [-0.2, 0) is 6.42 Å². The van der Waals surface area contributed by atoms with E-state index in [2.05, 4.69) is 41.1 Å². The van der Waals surface area contributed by atoms with Crippen molar-refractivity contribution in [2.45, 2.75) is 39.7 Å². The number of anilines is 2. The largest absolute Gasteiger partial charge is 0.353 e. The van der Waals surface area contributed by atoms with Crippen LogP contribution in [0.2, 0.25) is 0 Å². The van der Waals surface area contributed by atoms with E-state index in [0.717, 1.165) is 55.5 Å². The van der Waals surface area contributed by atoms with E-state index in [0.29, 0.717) is 6.04 Å². The third kappa shape index (κ3) is 3.02. The molecule has 112 valence electrons. The van der Waals surface area contributed by atoms with Crippen LogP contribution in [0.1, 0.15) is 31.7 Å². The zero-order chi connectivity index (χ0) is 14.7. The zero-order valence-electron chi connectivity index (χ0n) is 13.0. The van der Waals surface area contributed by atoms with E-state index < -0.39 is 0 Å². The second-order valence-electron chi connectivity index (χ2n) is 5.61. The van der Waals surface area contributed by atoms with Crippen molar-refractivity contribution in [3.05, 3.63) is 11.4 Å². The number of hydrogen-bond donors (Lipinski definition) is 2. The minimum Gasteiger partial charge on any atom is -0.353 e. The highest BCUT2D eigenvalue weighted by molar-refractivity contribution is 5.58. The molecule has 1 aliphatic heterocycles. The van der Waals surface area contributed by atoms with Crippen LogP contribution in [0.4, 0.5) is 11.6 Å². The van der Waals surface area contributed by atoms with E-state index in [1.165, 1.54) is 0 Å². The normalized spacial score (nSPS) is 20.2. The Morgan fingerprint density at radius 1 is 1.35 bits per heavy atom. The Morgan fingerprint density at radius 2 is 2.10 bits per heavy atom. The molecule has 0 saturated carbocycles. The third-order valence-electron chi connectivity index (χ3n) is 4.04. The van der Waals surface area contributed by atoms with Crippen LogP contribution in [0.3, 0.4) is 0 Å². The lowest BCUT2D eigenvalue weighted by atomic mass is 10.2. The van der Waals surface area contributed by atoms with Crippen molar-refractivity contribution in [3.8, 4) is 0 Å². The molecule has 0 radical (unpaired) electrons. The molecule has 1 aliphatic rings. The van der Waals surface area contributed by atoms with Crippen LogP contribution in [0, 0.1) is 6.92 Å². The third-order valence-corrected chi connectivity index (χ3v) is 4.04. The fourth-order valence-corrected chi connectivity index (χ4v) is 2.57. The van der Waals surface area contributed by atoms with Crippen LogP contribution >= 0.6 is 0 Å². The first-order valence-corrected chi connectivity index (χ1v) is 7.36. The van der Waals surface area contributed by atoms with Crippen LogP contribution in [0.15, 0.2) is 0 Å². The molecular formula is C14H26N6. The van der Waals surface area contributed by atoms with Gasteiger partial charge in [-0.15, -0.1) is 0 Å². The molecule has 6 nitrogen and oxygen atoms in total. The Kier molecular flexibility index (Phi) is 4.77. The summed E-state index contributed by atoms with van der Waals surface area (Å²) in [5.41, 5.74) is 3.74. The summed E-state index contributed by atoms with van der Waals surface area (Å²) in [6, 6.07) is 0.530. The quantitative estimate of drug-likeness (QED) is 0.636. The van der Waals surface area contributed by atoms with Crippen LogP contribution in [0.5, 0.6) is 0 Å². The number of aromatic nitrogens is 2. The van der Waals surface area contributed by atoms with Gasteiger partial charge in [0.25, 0.3) is 0 Å². The Labute approximate surface area is 121 Å². The first-order chi connectivity index (χ1) is 9.56. The first kappa shape index (κ1) is 15.0. The van der Waals surface area contributed by atoms with Gasteiger partial charge in [-0.2, -0.15) is 0 Å². The van der Waals surface area contributed by atoms with Crippen molar-refractivity contribution in [2.75, 3.05) is 37.0 Å². The first-order valence-electron chi connectivity index (χ1n) is 7.36. The molecule has 1 aromatic heterocycles. The highest BCUT2D eigenvalue weighted by atomic mass is 15.3. The van der Waals surface area contributed by atoms with Gasteiger partial charge in [-0.3, -0.25) is 0 Å². The SMILES string of the molecule is CCCc1nc(NN)c(C)c(N2CCN(C)C(C)C2)n1. The molecule has 0 aromatic carbocycles. The van der Waals surface area contributed by atoms with Crippen molar-refractivity contribution >= 4 is 11.6 Å². The molecule has 2 rings (SSSR count). The maximum absolute atomic E-state index is 5.60. The lowest BCUT2D eigenvalue weighted by Crippen LogP contribution is -2.50. The zero-order valence-corrected chi connectivity index (χ0v) is 13.0. The van der Waals surface area contributed by atoms with E-state index in [1.807, 2.05) is 6.92 Å². The van der Waals surface area contributed by atoms with Crippen molar-refractivity contribution in [2.24, 2.45) is 5.84 Å². The van der Waals surface area contributed by atoms with Gasteiger partial charge in [0, 0.05) is 37.7 Å². The second-order valence-corrected chi connectivity index (χ2v) is 5.61.